The molecule has 2 aromatic carbocycles. The second-order valence-corrected chi connectivity index (χ2v) is 4.99. The van der Waals surface area contributed by atoms with Crippen LogP contribution in [0, 0.1) is 5.82 Å². The van der Waals surface area contributed by atoms with Gasteiger partial charge >= 0.3 is 0 Å². The predicted molar refractivity (Wildman–Crippen MR) is 81.5 cm³/mol. The smallest absolute Gasteiger partial charge is 0.254 e. The predicted octanol–water partition coefficient (Wildman–Crippen LogP) is 3.11. The van der Waals surface area contributed by atoms with Gasteiger partial charge in [0.25, 0.3) is 5.56 Å². The summed E-state index contributed by atoms with van der Waals surface area (Å²) in [5.74, 6) is -0.239. The van der Waals surface area contributed by atoms with Crippen LogP contribution in [0.1, 0.15) is 17.2 Å². The summed E-state index contributed by atoms with van der Waals surface area (Å²) < 4.78 is 18.8. The Morgan fingerprint density at radius 1 is 1.14 bits per heavy atom. The van der Waals surface area contributed by atoms with E-state index in [1.807, 2.05) is 0 Å². The molecule has 4 nitrogen and oxygen atoms in total. The zero-order chi connectivity index (χ0) is 15.7. The minimum absolute atomic E-state index is 0.132. The summed E-state index contributed by atoms with van der Waals surface area (Å²) in [6.45, 7) is 0. The van der Waals surface area contributed by atoms with Crippen molar-refractivity contribution in [3.05, 3.63) is 75.8 Å². The van der Waals surface area contributed by atoms with Gasteiger partial charge in [0.2, 0.25) is 0 Å². The van der Waals surface area contributed by atoms with E-state index in [0.29, 0.717) is 16.5 Å². The molecule has 2 N–H and O–H groups in total. The molecule has 3 aromatic rings. The Bertz CT molecular complexity index is 871. The van der Waals surface area contributed by atoms with Crippen LogP contribution in [0.2, 0.25) is 0 Å². The number of benzene rings is 2. The number of hydrogen-bond donors (Lipinski definition) is 2. The van der Waals surface area contributed by atoms with Gasteiger partial charge in [0.15, 0.2) is 0 Å². The van der Waals surface area contributed by atoms with Crippen LogP contribution in [0.4, 0.5) is 4.39 Å². The Labute approximate surface area is 125 Å². The van der Waals surface area contributed by atoms with Crippen LogP contribution < -0.4 is 5.56 Å². The lowest BCUT2D eigenvalue weighted by molar-refractivity contribution is 0.135. The maximum atomic E-state index is 13.4. The molecule has 112 valence electrons. The second kappa shape index (κ2) is 5.61. The van der Waals surface area contributed by atoms with Gasteiger partial charge in [-0.2, -0.15) is 0 Å². The average Bonchev–Trinajstić information content (AvgIpc) is 2.51. The first-order valence-electron chi connectivity index (χ1n) is 6.72. The van der Waals surface area contributed by atoms with Crippen LogP contribution in [-0.4, -0.2) is 17.2 Å². The number of halogens is 1. The molecular formula is C17H14FNO3. The zero-order valence-electron chi connectivity index (χ0n) is 11.8. The van der Waals surface area contributed by atoms with E-state index in [9.17, 15) is 14.3 Å². The first-order chi connectivity index (χ1) is 10.6. The number of phenols is 1. The van der Waals surface area contributed by atoms with E-state index in [0.717, 1.165) is 5.56 Å². The summed E-state index contributed by atoms with van der Waals surface area (Å²) in [5.41, 5.74) is 1.38. The molecule has 1 atom stereocenters. The largest absolute Gasteiger partial charge is 0.508 e. The monoisotopic (exact) mass is 299 g/mol. The van der Waals surface area contributed by atoms with Crippen LogP contribution in [0.3, 0.4) is 0 Å². The van der Waals surface area contributed by atoms with Gasteiger partial charge in [-0.25, -0.2) is 4.39 Å². The molecule has 0 aliphatic carbocycles. The first kappa shape index (κ1) is 14.3. The molecule has 0 saturated carbocycles. The molecule has 22 heavy (non-hydrogen) atoms. The van der Waals surface area contributed by atoms with Crippen molar-refractivity contribution in [3.8, 4) is 5.75 Å². The molecule has 1 heterocycles. The van der Waals surface area contributed by atoms with E-state index in [1.165, 1.54) is 37.4 Å². The zero-order valence-corrected chi connectivity index (χ0v) is 11.8. The van der Waals surface area contributed by atoms with E-state index in [1.54, 1.807) is 18.2 Å². The minimum atomic E-state index is -0.600. The van der Waals surface area contributed by atoms with Gasteiger partial charge in [-0.1, -0.05) is 12.1 Å². The summed E-state index contributed by atoms with van der Waals surface area (Å²) in [6.07, 6.45) is -0.600. The molecule has 0 spiro atoms. The lowest BCUT2D eigenvalue weighted by atomic mass is 10.0. The highest BCUT2D eigenvalue weighted by molar-refractivity contribution is 5.79. The average molecular weight is 299 g/mol. The quantitative estimate of drug-likeness (QED) is 0.781. The highest BCUT2D eigenvalue weighted by Crippen LogP contribution is 2.26. The van der Waals surface area contributed by atoms with Crippen molar-refractivity contribution >= 4 is 10.9 Å². The number of hydrogen-bond acceptors (Lipinski definition) is 3. The standard InChI is InChI=1S/C17H14FNO3/c1-22-16(10-2-5-13(20)6-3-10)14-9-11-8-12(18)4-7-15(11)19-17(14)21/h2-9,16,20H,1H3,(H,19,21). The molecule has 5 heteroatoms. The first-order valence-corrected chi connectivity index (χ1v) is 6.72. The van der Waals surface area contributed by atoms with E-state index in [4.69, 9.17) is 4.74 Å². The van der Waals surface area contributed by atoms with E-state index < -0.39 is 6.10 Å². The third kappa shape index (κ3) is 2.58. The summed E-state index contributed by atoms with van der Waals surface area (Å²) in [7, 11) is 1.49. The Balaban J connectivity index is 2.15. The van der Waals surface area contributed by atoms with Crippen molar-refractivity contribution in [2.75, 3.05) is 7.11 Å². The summed E-state index contributed by atoms with van der Waals surface area (Å²) in [6, 6.07) is 12.2. The lowest BCUT2D eigenvalue weighted by Gasteiger charge is -2.16. The van der Waals surface area contributed by atoms with E-state index >= 15 is 0 Å². The van der Waals surface area contributed by atoms with Gasteiger partial charge in [-0.05, 0) is 42.0 Å². The van der Waals surface area contributed by atoms with Gasteiger partial charge < -0.3 is 14.8 Å². The number of H-pyrrole nitrogens is 1. The molecule has 0 bridgehead atoms. The summed E-state index contributed by atoms with van der Waals surface area (Å²) in [4.78, 5) is 15.0. The fourth-order valence-electron chi connectivity index (χ4n) is 2.48. The fourth-order valence-corrected chi connectivity index (χ4v) is 2.48. The Morgan fingerprint density at radius 2 is 1.86 bits per heavy atom. The van der Waals surface area contributed by atoms with Crippen LogP contribution >= 0.6 is 0 Å². The highest BCUT2D eigenvalue weighted by Gasteiger charge is 2.18. The van der Waals surface area contributed by atoms with E-state index in [-0.39, 0.29) is 17.1 Å². The molecule has 0 fully saturated rings. The SMILES string of the molecule is COC(c1ccc(O)cc1)c1cc2cc(F)ccc2[nH]c1=O. The van der Waals surface area contributed by atoms with Crippen LogP contribution in [0.5, 0.6) is 5.75 Å². The van der Waals surface area contributed by atoms with Crippen molar-refractivity contribution in [2.45, 2.75) is 6.10 Å². The van der Waals surface area contributed by atoms with Crippen molar-refractivity contribution in [1.82, 2.24) is 4.98 Å². The van der Waals surface area contributed by atoms with Gasteiger partial charge in [0.05, 0.1) is 5.56 Å². The van der Waals surface area contributed by atoms with Gasteiger partial charge in [0.1, 0.15) is 17.7 Å². The summed E-state index contributed by atoms with van der Waals surface area (Å²) >= 11 is 0. The molecule has 3 rings (SSSR count). The van der Waals surface area contributed by atoms with Crippen molar-refractivity contribution in [1.29, 1.82) is 0 Å². The third-order valence-corrected chi connectivity index (χ3v) is 3.55. The molecule has 0 radical (unpaired) electrons. The summed E-state index contributed by atoms with van der Waals surface area (Å²) in [5, 5.41) is 9.95. The number of methoxy groups -OCH3 is 1. The van der Waals surface area contributed by atoms with Crippen molar-refractivity contribution in [2.24, 2.45) is 0 Å². The number of pyridine rings is 1. The van der Waals surface area contributed by atoms with Gasteiger partial charge in [0, 0.05) is 18.0 Å². The van der Waals surface area contributed by atoms with Crippen molar-refractivity contribution < 1.29 is 14.2 Å². The number of rotatable bonds is 3. The molecule has 1 unspecified atom stereocenters. The third-order valence-electron chi connectivity index (χ3n) is 3.55. The van der Waals surface area contributed by atoms with Crippen LogP contribution in [0.25, 0.3) is 10.9 Å². The number of nitrogens with one attached hydrogen (secondary N) is 1. The molecular weight excluding hydrogens is 285 g/mol. The number of fused-ring (bicyclic) bond motifs is 1. The maximum absolute atomic E-state index is 13.4. The van der Waals surface area contributed by atoms with Gasteiger partial charge in [-0.3, -0.25) is 4.79 Å². The Kier molecular flexibility index (Phi) is 3.65. The van der Waals surface area contributed by atoms with Crippen molar-refractivity contribution in [3.63, 3.8) is 0 Å². The fraction of sp³-hybridized carbons (Fsp3) is 0.118. The van der Waals surface area contributed by atoms with Gasteiger partial charge in [-0.15, -0.1) is 0 Å². The number of ether oxygens (including phenoxy) is 1. The molecule has 1 aromatic heterocycles. The number of aromatic hydroxyl groups is 1. The minimum Gasteiger partial charge on any atom is -0.508 e. The second-order valence-electron chi connectivity index (χ2n) is 4.99. The number of phenolic OH excluding ortho intramolecular Hbond substituents is 1. The highest BCUT2D eigenvalue weighted by atomic mass is 19.1. The molecule has 0 saturated heterocycles. The normalized spacial score (nSPS) is 12.5. The maximum Gasteiger partial charge on any atom is 0.254 e. The molecule has 0 aliphatic heterocycles. The van der Waals surface area contributed by atoms with Crippen LogP contribution in [-0.2, 0) is 4.74 Å². The Morgan fingerprint density at radius 3 is 2.55 bits per heavy atom. The van der Waals surface area contributed by atoms with E-state index in [2.05, 4.69) is 4.98 Å². The Hall–Kier alpha value is -2.66. The number of aromatic amines is 1. The number of aromatic nitrogens is 1. The van der Waals surface area contributed by atoms with Crippen LogP contribution in [0.15, 0.2) is 53.3 Å². The lowest BCUT2D eigenvalue weighted by Crippen LogP contribution is -2.18. The topological polar surface area (TPSA) is 62.3 Å². The molecule has 0 aliphatic rings. The molecule has 0 amide bonds.